The summed E-state index contributed by atoms with van der Waals surface area (Å²) in [5, 5.41) is 9.59. The highest BCUT2D eigenvalue weighted by molar-refractivity contribution is 7.99. The molecule has 3 aromatic carbocycles. The Bertz CT molecular complexity index is 1240. The fourth-order valence-electron chi connectivity index (χ4n) is 3.88. The average Bonchev–Trinajstić information content (AvgIpc) is 3.33. The number of rotatable bonds is 11. The van der Waals surface area contributed by atoms with Crippen molar-refractivity contribution >= 4 is 17.5 Å². The predicted octanol–water partition coefficient (Wildman–Crippen LogP) is 6.57. The summed E-state index contributed by atoms with van der Waals surface area (Å²) in [6.45, 7) is 6.65. The third-order valence-corrected chi connectivity index (χ3v) is 7.06. The fourth-order valence-corrected chi connectivity index (χ4v) is 4.81. The quantitative estimate of drug-likeness (QED) is 0.178. The second kappa shape index (κ2) is 11.8. The molecule has 0 spiro atoms. The Morgan fingerprint density at radius 3 is 2.14 bits per heavy atom. The van der Waals surface area contributed by atoms with Gasteiger partial charge in [0.25, 0.3) is 0 Å². The number of carbonyl (C=O) groups is 1. The number of thioether (sulfide) groups is 1. The van der Waals surface area contributed by atoms with Gasteiger partial charge in [-0.3, -0.25) is 9.36 Å². The van der Waals surface area contributed by atoms with E-state index in [0.717, 1.165) is 35.5 Å². The highest BCUT2D eigenvalue weighted by Crippen LogP contribution is 2.28. The van der Waals surface area contributed by atoms with Crippen molar-refractivity contribution in [3.05, 3.63) is 107 Å². The van der Waals surface area contributed by atoms with E-state index in [1.165, 1.54) is 22.9 Å². The number of nitrogens with zero attached hydrogens (tertiary/aromatic N) is 3. The Morgan fingerprint density at radius 2 is 1.51 bits per heavy atom. The summed E-state index contributed by atoms with van der Waals surface area (Å²) < 4.78 is 8.13. The van der Waals surface area contributed by atoms with Crippen molar-refractivity contribution in [2.45, 2.75) is 51.4 Å². The van der Waals surface area contributed by atoms with Crippen LogP contribution < -0.4 is 4.74 Å². The van der Waals surface area contributed by atoms with Crippen molar-refractivity contribution in [3.63, 3.8) is 0 Å². The van der Waals surface area contributed by atoms with Crippen LogP contribution in [0, 0.1) is 0 Å². The molecule has 0 N–H and O–H groups in total. The molecule has 0 saturated heterocycles. The summed E-state index contributed by atoms with van der Waals surface area (Å²) in [5.74, 6) is 1.89. The maximum absolute atomic E-state index is 12.8. The Kier molecular flexibility index (Phi) is 8.37. The van der Waals surface area contributed by atoms with Gasteiger partial charge in [0, 0.05) is 5.56 Å². The number of benzene rings is 3. The molecular formula is C29H31N3O2S. The molecule has 0 aliphatic rings. The van der Waals surface area contributed by atoms with Gasteiger partial charge in [-0.2, -0.15) is 0 Å². The van der Waals surface area contributed by atoms with Crippen molar-refractivity contribution in [1.82, 2.24) is 14.8 Å². The van der Waals surface area contributed by atoms with Gasteiger partial charge >= 0.3 is 0 Å². The number of aryl methyl sites for hydroxylation is 2. The summed E-state index contributed by atoms with van der Waals surface area (Å²) in [7, 11) is 0. The van der Waals surface area contributed by atoms with Crippen molar-refractivity contribution in [1.29, 1.82) is 0 Å². The van der Waals surface area contributed by atoms with Crippen LogP contribution in [0.15, 0.2) is 84.0 Å². The SMILES string of the molecule is CCc1ccc(OCc2nnc(SCC(=O)c3ccc(CC)cc3)n2C(C)c2ccccc2)cc1. The normalized spacial score (nSPS) is 11.9. The van der Waals surface area contributed by atoms with Gasteiger partial charge in [-0.05, 0) is 48.6 Å². The molecule has 0 fully saturated rings. The van der Waals surface area contributed by atoms with Crippen LogP contribution in [0.2, 0.25) is 0 Å². The van der Waals surface area contributed by atoms with Gasteiger partial charge in [0.15, 0.2) is 16.8 Å². The lowest BCUT2D eigenvalue weighted by Crippen LogP contribution is -2.14. The molecule has 1 atom stereocenters. The molecule has 6 heteroatoms. The van der Waals surface area contributed by atoms with E-state index in [0.29, 0.717) is 17.5 Å². The highest BCUT2D eigenvalue weighted by atomic mass is 32.2. The minimum atomic E-state index is -0.00583. The maximum Gasteiger partial charge on any atom is 0.192 e. The fraction of sp³-hybridized carbons (Fsp3) is 0.276. The van der Waals surface area contributed by atoms with Gasteiger partial charge in [0.1, 0.15) is 12.4 Å². The van der Waals surface area contributed by atoms with E-state index in [1.54, 1.807) is 0 Å². The number of ether oxygens (including phenoxy) is 1. The molecule has 4 aromatic rings. The standard InChI is InChI=1S/C29H31N3O2S/c1-4-22-11-15-25(16-12-22)27(33)20-35-29-31-30-28(19-34-26-17-13-23(5-2)14-18-26)32(29)21(3)24-9-7-6-8-10-24/h6-18,21H,4-5,19-20H2,1-3H3. The zero-order valence-corrected chi connectivity index (χ0v) is 21.3. The van der Waals surface area contributed by atoms with Crippen LogP contribution in [-0.2, 0) is 19.4 Å². The van der Waals surface area contributed by atoms with Crippen molar-refractivity contribution in [2.24, 2.45) is 0 Å². The van der Waals surface area contributed by atoms with E-state index in [9.17, 15) is 4.79 Å². The zero-order chi connectivity index (χ0) is 24.6. The minimum absolute atomic E-state index is 0.00583. The first-order chi connectivity index (χ1) is 17.1. The number of hydrogen-bond donors (Lipinski definition) is 0. The molecule has 1 heterocycles. The van der Waals surface area contributed by atoms with E-state index >= 15 is 0 Å². The molecule has 35 heavy (non-hydrogen) atoms. The summed E-state index contributed by atoms with van der Waals surface area (Å²) in [6, 6.07) is 26.2. The number of aromatic nitrogens is 3. The van der Waals surface area contributed by atoms with Crippen LogP contribution in [0.5, 0.6) is 5.75 Å². The molecule has 1 unspecified atom stereocenters. The van der Waals surface area contributed by atoms with Gasteiger partial charge in [0.05, 0.1) is 11.8 Å². The summed E-state index contributed by atoms with van der Waals surface area (Å²) >= 11 is 1.41. The highest BCUT2D eigenvalue weighted by Gasteiger charge is 2.21. The molecule has 0 bridgehead atoms. The van der Waals surface area contributed by atoms with Crippen LogP contribution >= 0.6 is 11.8 Å². The maximum atomic E-state index is 12.8. The molecule has 180 valence electrons. The molecule has 5 nitrogen and oxygen atoms in total. The molecule has 1 aromatic heterocycles. The van der Waals surface area contributed by atoms with Crippen LogP contribution in [0.1, 0.15) is 59.7 Å². The molecule has 0 radical (unpaired) electrons. The van der Waals surface area contributed by atoms with Gasteiger partial charge < -0.3 is 4.74 Å². The van der Waals surface area contributed by atoms with Crippen LogP contribution in [0.4, 0.5) is 0 Å². The van der Waals surface area contributed by atoms with Crippen molar-refractivity contribution in [3.8, 4) is 5.75 Å². The van der Waals surface area contributed by atoms with E-state index in [2.05, 4.69) is 59.8 Å². The van der Waals surface area contributed by atoms with Gasteiger partial charge in [-0.1, -0.05) is 92.3 Å². The van der Waals surface area contributed by atoms with E-state index in [1.807, 2.05) is 54.6 Å². The van der Waals surface area contributed by atoms with Crippen LogP contribution in [0.25, 0.3) is 0 Å². The Labute approximate surface area is 211 Å². The van der Waals surface area contributed by atoms with E-state index in [-0.39, 0.29) is 11.8 Å². The lowest BCUT2D eigenvalue weighted by atomic mass is 10.1. The number of ketones is 1. The molecular weight excluding hydrogens is 454 g/mol. The van der Waals surface area contributed by atoms with E-state index < -0.39 is 0 Å². The summed E-state index contributed by atoms with van der Waals surface area (Å²) in [5.41, 5.74) is 4.35. The van der Waals surface area contributed by atoms with Gasteiger partial charge in [0.2, 0.25) is 0 Å². The third kappa shape index (κ3) is 6.20. The van der Waals surface area contributed by atoms with Gasteiger partial charge in [-0.15, -0.1) is 10.2 Å². The van der Waals surface area contributed by atoms with Crippen molar-refractivity contribution in [2.75, 3.05) is 5.75 Å². The predicted molar refractivity (Wildman–Crippen MR) is 141 cm³/mol. The zero-order valence-electron chi connectivity index (χ0n) is 20.5. The summed E-state index contributed by atoms with van der Waals surface area (Å²) in [4.78, 5) is 12.8. The Hall–Kier alpha value is -3.38. The number of Topliss-reactive ketones (excluding diaryl/α,β-unsaturated/α-hetero) is 1. The largest absolute Gasteiger partial charge is 0.486 e. The van der Waals surface area contributed by atoms with E-state index in [4.69, 9.17) is 4.74 Å². The van der Waals surface area contributed by atoms with Crippen LogP contribution in [-0.4, -0.2) is 26.3 Å². The number of hydrogen-bond acceptors (Lipinski definition) is 5. The van der Waals surface area contributed by atoms with Crippen molar-refractivity contribution < 1.29 is 9.53 Å². The molecule has 0 saturated carbocycles. The van der Waals surface area contributed by atoms with Gasteiger partial charge in [-0.25, -0.2) is 0 Å². The molecule has 0 aliphatic carbocycles. The lowest BCUT2D eigenvalue weighted by Gasteiger charge is -2.18. The number of carbonyl (C=O) groups excluding carboxylic acids is 1. The smallest absolute Gasteiger partial charge is 0.192 e. The Balaban J connectivity index is 1.53. The second-order valence-electron chi connectivity index (χ2n) is 8.40. The second-order valence-corrected chi connectivity index (χ2v) is 9.35. The third-order valence-electron chi connectivity index (χ3n) is 6.12. The summed E-state index contributed by atoms with van der Waals surface area (Å²) in [6.07, 6.45) is 1.95. The Morgan fingerprint density at radius 1 is 0.886 bits per heavy atom. The first kappa shape index (κ1) is 24.7. The lowest BCUT2D eigenvalue weighted by molar-refractivity contribution is 0.102. The first-order valence-electron chi connectivity index (χ1n) is 12.0. The van der Waals surface area contributed by atoms with Crippen LogP contribution in [0.3, 0.4) is 0 Å². The first-order valence-corrected chi connectivity index (χ1v) is 13.0. The molecule has 0 aliphatic heterocycles. The topological polar surface area (TPSA) is 57.0 Å². The average molecular weight is 486 g/mol. The minimum Gasteiger partial charge on any atom is -0.486 e. The molecule has 0 amide bonds. The monoisotopic (exact) mass is 485 g/mol. The molecule has 4 rings (SSSR count).